The molecule has 0 aromatic heterocycles. The van der Waals surface area contributed by atoms with E-state index in [2.05, 4.69) is 29.2 Å². The van der Waals surface area contributed by atoms with Crippen LogP contribution in [0.25, 0.3) is 0 Å². The summed E-state index contributed by atoms with van der Waals surface area (Å²) < 4.78 is 0. The topological polar surface area (TPSA) is 40.5 Å². The molecule has 0 aliphatic carbocycles. The van der Waals surface area contributed by atoms with Crippen LogP contribution in [-0.4, -0.2) is 35.6 Å². The molecule has 1 aromatic rings. The number of hydrogen-bond acceptors (Lipinski definition) is 2. The molecule has 2 rings (SSSR count). The van der Waals surface area contributed by atoms with Gasteiger partial charge in [-0.3, -0.25) is 4.79 Å². The van der Waals surface area contributed by atoms with Crippen molar-refractivity contribution < 1.29 is 9.90 Å². The Bertz CT molecular complexity index is 377. The van der Waals surface area contributed by atoms with E-state index in [-0.39, 0.29) is 5.92 Å². The van der Waals surface area contributed by atoms with Crippen molar-refractivity contribution >= 4 is 5.97 Å². The van der Waals surface area contributed by atoms with Crippen molar-refractivity contribution in [3.63, 3.8) is 0 Å². The van der Waals surface area contributed by atoms with Gasteiger partial charge in [0.05, 0.1) is 5.92 Å². The van der Waals surface area contributed by atoms with Crippen molar-refractivity contribution in [2.24, 2.45) is 5.92 Å². The molecule has 1 N–H and O–H groups in total. The van der Waals surface area contributed by atoms with E-state index in [9.17, 15) is 4.79 Å². The van der Waals surface area contributed by atoms with Crippen LogP contribution in [0.5, 0.6) is 0 Å². The van der Waals surface area contributed by atoms with E-state index in [0.717, 1.165) is 45.3 Å². The zero-order chi connectivity index (χ0) is 12.8. The maximum atomic E-state index is 11.0. The number of likely N-dealkylation sites (tertiary alicyclic amines) is 1. The molecule has 1 saturated heterocycles. The molecule has 0 saturated carbocycles. The third-order valence-electron chi connectivity index (χ3n) is 3.64. The number of aryl methyl sites for hydroxylation is 1. The summed E-state index contributed by atoms with van der Waals surface area (Å²) in [5.41, 5.74) is 1.37. The zero-order valence-electron chi connectivity index (χ0n) is 10.7. The number of carboxylic acids is 1. The van der Waals surface area contributed by atoms with Crippen LogP contribution < -0.4 is 0 Å². The first-order valence-corrected chi connectivity index (χ1v) is 6.75. The number of piperidine rings is 1. The van der Waals surface area contributed by atoms with Crippen LogP contribution in [0.4, 0.5) is 0 Å². The van der Waals surface area contributed by atoms with Gasteiger partial charge in [0.15, 0.2) is 0 Å². The normalized spacial score (nSPS) is 20.8. The van der Waals surface area contributed by atoms with Gasteiger partial charge in [-0.1, -0.05) is 30.3 Å². The predicted molar refractivity (Wildman–Crippen MR) is 71.6 cm³/mol. The Kier molecular flexibility index (Phi) is 4.76. The molecule has 1 unspecified atom stereocenters. The highest BCUT2D eigenvalue weighted by Crippen LogP contribution is 2.17. The van der Waals surface area contributed by atoms with E-state index in [4.69, 9.17) is 5.11 Å². The van der Waals surface area contributed by atoms with E-state index in [1.54, 1.807) is 0 Å². The maximum Gasteiger partial charge on any atom is 0.307 e. The number of carboxylic acid groups (broad SMARTS) is 1. The van der Waals surface area contributed by atoms with E-state index < -0.39 is 5.97 Å². The summed E-state index contributed by atoms with van der Waals surface area (Å²) in [5, 5.41) is 9.03. The molecule has 1 aliphatic rings. The van der Waals surface area contributed by atoms with Gasteiger partial charge in [0.1, 0.15) is 0 Å². The van der Waals surface area contributed by atoms with Crippen molar-refractivity contribution in [3.05, 3.63) is 35.9 Å². The average molecular weight is 247 g/mol. The van der Waals surface area contributed by atoms with Crippen LogP contribution in [0.1, 0.15) is 24.8 Å². The molecule has 0 spiro atoms. The highest BCUT2D eigenvalue weighted by atomic mass is 16.4. The largest absolute Gasteiger partial charge is 0.481 e. The van der Waals surface area contributed by atoms with Gasteiger partial charge in [-0.2, -0.15) is 0 Å². The van der Waals surface area contributed by atoms with Gasteiger partial charge in [-0.15, -0.1) is 0 Å². The number of nitrogens with zero attached hydrogens (tertiary/aromatic N) is 1. The van der Waals surface area contributed by atoms with Crippen molar-refractivity contribution in [3.8, 4) is 0 Å². The van der Waals surface area contributed by atoms with E-state index >= 15 is 0 Å². The SMILES string of the molecule is O=C(O)C1CCCN(CCCc2ccccc2)C1. The van der Waals surface area contributed by atoms with Crippen LogP contribution in [0.2, 0.25) is 0 Å². The summed E-state index contributed by atoms with van der Waals surface area (Å²) in [5.74, 6) is -0.793. The number of aliphatic carboxylic acids is 1. The first-order valence-electron chi connectivity index (χ1n) is 6.75. The molecule has 0 amide bonds. The predicted octanol–water partition coefficient (Wildman–Crippen LogP) is 2.42. The zero-order valence-corrected chi connectivity index (χ0v) is 10.7. The fraction of sp³-hybridized carbons (Fsp3) is 0.533. The lowest BCUT2D eigenvalue weighted by Gasteiger charge is -2.30. The van der Waals surface area contributed by atoms with Crippen LogP contribution in [0, 0.1) is 5.92 Å². The monoisotopic (exact) mass is 247 g/mol. The van der Waals surface area contributed by atoms with E-state index in [0.29, 0.717) is 0 Å². The van der Waals surface area contributed by atoms with E-state index in [1.807, 2.05) is 6.07 Å². The molecule has 0 bridgehead atoms. The summed E-state index contributed by atoms with van der Waals surface area (Å²) in [6.45, 7) is 2.79. The minimum Gasteiger partial charge on any atom is -0.481 e. The first kappa shape index (κ1) is 13.1. The molecule has 3 nitrogen and oxygen atoms in total. The number of benzene rings is 1. The molecule has 0 radical (unpaired) electrons. The summed E-state index contributed by atoms with van der Waals surface area (Å²) >= 11 is 0. The molecule has 1 aromatic carbocycles. The van der Waals surface area contributed by atoms with Crippen molar-refractivity contribution in [1.29, 1.82) is 0 Å². The van der Waals surface area contributed by atoms with Crippen molar-refractivity contribution in [2.45, 2.75) is 25.7 Å². The molecule has 1 heterocycles. The van der Waals surface area contributed by atoms with Crippen LogP contribution in [-0.2, 0) is 11.2 Å². The fourth-order valence-corrected chi connectivity index (χ4v) is 2.61. The standard InChI is InChI=1S/C15H21NO2/c17-15(18)14-9-5-11-16(12-14)10-4-8-13-6-2-1-3-7-13/h1-3,6-7,14H,4-5,8-12H2,(H,17,18). The number of carbonyl (C=O) groups is 1. The van der Waals surface area contributed by atoms with Gasteiger partial charge in [0, 0.05) is 6.54 Å². The Balaban J connectivity index is 1.72. The number of hydrogen-bond donors (Lipinski definition) is 1. The second kappa shape index (κ2) is 6.55. The van der Waals surface area contributed by atoms with Gasteiger partial charge in [0.2, 0.25) is 0 Å². The molecule has 1 atom stereocenters. The van der Waals surface area contributed by atoms with Crippen molar-refractivity contribution in [1.82, 2.24) is 4.90 Å². The van der Waals surface area contributed by atoms with E-state index in [1.165, 1.54) is 5.56 Å². The Hall–Kier alpha value is -1.35. The lowest BCUT2D eigenvalue weighted by atomic mass is 9.98. The van der Waals surface area contributed by atoms with Gasteiger partial charge in [0.25, 0.3) is 0 Å². The van der Waals surface area contributed by atoms with Crippen LogP contribution in [0.3, 0.4) is 0 Å². The lowest BCUT2D eigenvalue weighted by Crippen LogP contribution is -2.39. The number of rotatable bonds is 5. The summed E-state index contributed by atoms with van der Waals surface area (Å²) in [7, 11) is 0. The second-order valence-corrected chi connectivity index (χ2v) is 5.07. The average Bonchev–Trinajstić information content (AvgIpc) is 2.40. The third-order valence-corrected chi connectivity index (χ3v) is 3.64. The molecular formula is C15H21NO2. The minimum absolute atomic E-state index is 0.157. The Morgan fingerprint density at radius 3 is 2.83 bits per heavy atom. The smallest absolute Gasteiger partial charge is 0.307 e. The summed E-state index contributed by atoms with van der Waals surface area (Å²) in [4.78, 5) is 13.3. The van der Waals surface area contributed by atoms with Gasteiger partial charge in [-0.05, 0) is 44.3 Å². The van der Waals surface area contributed by atoms with Gasteiger partial charge in [-0.25, -0.2) is 0 Å². The molecule has 18 heavy (non-hydrogen) atoms. The first-order chi connectivity index (χ1) is 8.75. The second-order valence-electron chi connectivity index (χ2n) is 5.07. The van der Waals surface area contributed by atoms with Crippen LogP contribution in [0.15, 0.2) is 30.3 Å². The Morgan fingerprint density at radius 1 is 1.33 bits per heavy atom. The fourth-order valence-electron chi connectivity index (χ4n) is 2.61. The maximum absolute atomic E-state index is 11.0. The molecule has 1 aliphatic heterocycles. The van der Waals surface area contributed by atoms with Crippen LogP contribution >= 0.6 is 0 Å². The minimum atomic E-state index is -0.636. The Morgan fingerprint density at radius 2 is 2.11 bits per heavy atom. The molecular weight excluding hydrogens is 226 g/mol. The lowest BCUT2D eigenvalue weighted by molar-refractivity contribution is -0.143. The highest BCUT2D eigenvalue weighted by Gasteiger charge is 2.24. The van der Waals surface area contributed by atoms with Gasteiger partial charge >= 0.3 is 5.97 Å². The summed E-state index contributed by atoms with van der Waals surface area (Å²) in [6.07, 6.45) is 4.04. The van der Waals surface area contributed by atoms with Crippen molar-refractivity contribution in [2.75, 3.05) is 19.6 Å². The molecule has 98 valence electrons. The quantitative estimate of drug-likeness (QED) is 0.868. The van der Waals surface area contributed by atoms with Gasteiger partial charge < -0.3 is 10.0 Å². The third kappa shape index (κ3) is 3.84. The highest BCUT2D eigenvalue weighted by molar-refractivity contribution is 5.70. The molecule has 1 fully saturated rings. The Labute approximate surface area is 108 Å². The summed E-state index contributed by atoms with van der Waals surface area (Å²) in [6, 6.07) is 10.5. The molecule has 3 heteroatoms.